The van der Waals surface area contributed by atoms with Crippen molar-refractivity contribution in [3.63, 3.8) is 0 Å². The lowest BCUT2D eigenvalue weighted by Crippen LogP contribution is -2.41. The van der Waals surface area contributed by atoms with E-state index in [0.29, 0.717) is 0 Å². The molecule has 0 radical (unpaired) electrons. The Bertz CT molecular complexity index is 904. The molecule has 1 atom stereocenters. The van der Waals surface area contributed by atoms with Crippen LogP contribution in [0, 0.1) is 0 Å². The van der Waals surface area contributed by atoms with Crippen LogP contribution in [0.4, 0.5) is 5.95 Å². The lowest BCUT2D eigenvalue weighted by Gasteiger charge is -2.35. The van der Waals surface area contributed by atoms with Crippen molar-refractivity contribution >= 4 is 23.4 Å². The van der Waals surface area contributed by atoms with Crippen molar-refractivity contribution in [2.75, 3.05) is 4.90 Å². The number of hydrogen-bond acceptors (Lipinski definition) is 3. The Morgan fingerprint density at radius 1 is 1.12 bits per heavy atom. The zero-order valence-electron chi connectivity index (χ0n) is 13.2. The summed E-state index contributed by atoms with van der Waals surface area (Å²) >= 11 is 1.84. The minimum Gasteiger partial charge on any atom is -0.300 e. The van der Waals surface area contributed by atoms with E-state index in [4.69, 9.17) is 4.98 Å². The van der Waals surface area contributed by atoms with E-state index < -0.39 is 0 Å². The smallest absolute Gasteiger partial charge is 0.216 e. The molecule has 0 N–H and O–H groups in total. The summed E-state index contributed by atoms with van der Waals surface area (Å²) < 4.78 is 2.32. The maximum atomic E-state index is 4.72. The molecule has 1 aromatic heterocycles. The Kier molecular flexibility index (Phi) is 3.06. The van der Waals surface area contributed by atoms with E-state index in [2.05, 4.69) is 82.5 Å². The van der Waals surface area contributed by atoms with Crippen molar-refractivity contribution in [3.8, 4) is 0 Å². The van der Waals surface area contributed by atoms with E-state index in [1.54, 1.807) is 0 Å². The van der Waals surface area contributed by atoms with Crippen LogP contribution in [0.15, 0.2) is 84.2 Å². The number of thioether (sulfide) groups is 1. The molecule has 0 amide bonds. The van der Waals surface area contributed by atoms with Crippen LogP contribution >= 0.6 is 11.8 Å². The highest BCUT2D eigenvalue weighted by Crippen LogP contribution is 2.49. The van der Waals surface area contributed by atoms with Gasteiger partial charge in [-0.15, -0.1) is 11.8 Å². The average Bonchev–Trinajstić information content (AvgIpc) is 3.17. The predicted octanol–water partition coefficient (Wildman–Crippen LogP) is 4.62. The van der Waals surface area contributed by atoms with Crippen LogP contribution in [0.5, 0.6) is 0 Å². The van der Waals surface area contributed by atoms with Crippen molar-refractivity contribution < 1.29 is 0 Å². The number of hydrogen-bond donors (Lipinski definition) is 0. The number of rotatable bonds is 3. The van der Waals surface area contributed by atoms with Crippen molar-refractivity contribution in [2.24, 2.45) is 0 Å². The molecule has 1 aromatic carbocycles. The average molecular weight is 331 g/mol. The Balaban J connectivity index is 1.54. The molecule has 1 unspecified atom stereocenters. The first kappa shape index (κ1) is 13.9. The van der Waals surface area contributed by atoms with Crippen LogP contribution in [-0.4, -0.2) is 15.1 Å². The summed E-state index contributed by atoms with van der Waals surface area (Å²) in [5, 5.41) is 1.20. The Labute approximate surface area is 145 Å². The number of fused-ring (bicyclic) bond motifs is 3. The highest BCUT2D eigenvalue weighted by atomic mass is 32.2. The summed E-state index contributed by atoms with van der Waals surface area (Å²) in [6.45, 7) is 0. The first-order valence-corrected chi connectivity index (χ1v) is 9.16. The van der Waals surface area contributed by atoms with Gasteiger partial charge in [0.05, 0.1) is 11.9 Å². The van der Waals surface area contributed by atoms with Gasteiger partial charge in [0.15, 0.2) is 0 Å². The van der Waals surface area contributed by atoms with Crippen molar-refractivity contribution in [1.82, 2.24) is 9.55 Å². The summed E-state index contributed by atoms with van der Waals surface area (Å²) in [6, 6.07) is 10.6. The second-order valence-electron chi connectivity index (χ2n) is 6.13. The van der Waals surface area contributed by atoms with Crippen LogP contribution in [0.25, 0.3) is 5.70 Å². The molecule has 3 aliphatic rings. The standard InChI is InChI=1S/C20H17N3S/c1-2-8-16(9-3-1)15-24-18-14-21-19-22-13-7-6-12-20(22)11-5-4-10-17(20)23(18)19/h1-3,5-14H,4,15H2. The van der Waals surface area contributed by atoms with Gasteiger partial charge in [-0.3, -0.25) is 9.47 Å². The minimum atomic E-state index is -0.196. The summed E-state index contributed by atoms with van der Waals surface area (Å²) in [7, 11) is 0. The van der Waals surface area contributed by atoms with Gasteiger partial charge >= 0.3 is 0 Å². The maximum Gasteiger partial charge on any atom is 0.216 e. The van der Waals surface area contributed by atoms with Gasteiger partial charge in [-0.2, -0.15) is 0 Å². The van der Waals surface area contributed by atoms with Crippen LogP contribution in [-0.2, 0) is 5.75 Å². The number of allylic oxidation sites excluding steroid dienone is 4. The minimum absolute atomic E-state index is 0.196. The molecule has 1 spiro atoms. The quantitative estimate of drug-likeness (QED) is 0.605. The largest absolute Gasteiger partial charge is 0.300 e. The van der Waals surface area contributed by atoms with Crippen LogP contribution in [0.3, 0.4) is 0 Å². The van der Waals surface area contributed by atoms with Gasteiger partial charge in [0, 0.05) is 12.0 Å². The van der Waals surface area contributed by atoms with E-state index in [9.17, 15) is 0 Å². The third kappa shape index (κ3) is 1.89. The maximum absolute atomic E-state index is 4.72. The normalized spacial score (nSPS) is 23.0. The van der Waals surface area contributed by atoms with E-state index in [-0.39, 0.29) is 5.54 Å². The van der Waals surface area contributed by atoms with Crippen molar-refractivity contribution in [2.45, 2.75) is 22.7 Å². The van der Waals surface area contributed by atoms with Crippen LogP contribution < -0.4 is 4.90 Å². The SMILES string of the molecule is C1=CN2c3ncc(SCc4ccccc4)n3C3=CCC=CC32C=C1. The lowest BCUT2D eigenvalue weighted by molar-refractivity contribution is 0.780. The van der Waals surface area contributed by atoms with Gasteiger partial charge in [-0.1, -0.05) is 54.6 Å². The highest BCUT2D eigenvalue weighted by molar-refractivity contribution is 7.98. The molecule has 118 valence electrons. The Morgan fingerprint density at radius 2 is 2.04 bits per heavy atom. The molecule has 0 fully saturated rings. The topological polar surface area (TPSA) is 21.1 Å². The molecule has 24 heavy (non-hydrogen) atoms. The first-order chi connectivity index (χ1) is 11.9. The molecular formula is C20H17N3S. The van der Waals surface area contributed by atoms with Gasteiger partial charge < -0.3 is 0 Å². The molecule has 1 aliphatic carbocycles. The second-order valence-corrected chi connectivity index (χ2v) is 7.13. The van der Waals surface area contributed by atoms with Crippen LogP contribution in [0.2, 0.25) is 0 Å². The predicted molar refractivity (Wildman–Crippen MR) is 99.8 cm³/mol. The van der Waals surface area contributed by atoms with Gasteiger partial charge in [0.25, 0.3) is 0 Å². The second kappa shape index (κ2) is 5.28. The summed E-state index contributed by atoms with van der Waals surface area (Å²) in [4.78, 5) is 6.99. The molecule has 3 heterocycles. The van der Waals surface area contributed by atoms with Crippen molar-refractivity contribution in [1.29, 1.82) is 0 Å². The summed E-state index contributed by atoms with van der Waals surface area (Å²) in [5.74, 6) is 1.96. The fraction of sp³-hybridized carbons (Fsp3) is 0.150. The summed E-state index contributed by atoms with van der Waals surface area (Å²) in [6.07, 6.45) is 18.4. The summed E-state index contributed by atoms with van der Waals surface area (Å²) in [5.41, 5.74) is 2.44. The van der Waals surface area contributed by atoms with E-state index >= 15 is 0 Å². The number of aromatic nitrogens is 2. The lowest BCUT2D eigenvalue weighted by atomic mass is 9.88. The number of imidazole rings is 1. The van der Waals surface area contributed by atoms with Gasteiger partial charge in [0.1, 0.15) is 10.6 Å². The molecule has 2 aliphatic heterocycles. The fourth-order valence-corrected chi connectivity index (χ4v) is 4.57. The fourth-order valence-electron chi connectivity index (χ4n) is 3.62. The van der Waals surface area contributed by atoms with Crippen LogP contribution in [0.1, 0.15) is 12.0 Å². The van der Waals surface area contributed by atoms with Gasteiger partial charge in [-0.25, -0.2) is 4.98 Å². The Hall–Kier alpha value is -2.46. The molecule has 0 saturated carbocycles. The molecule has 4 heteroatoms. The molecule has 2 aromatic rings. The van der Waals surface area contributed by atoms with Gasteiger partial charge in [-0.05, 0) is 24.1 Å². The van der Waals surface area contributed by atoms with E-state index in [0.717, 1.165) is 18.1 Å². The number of anilines is 1. The molecule has 0 saturated heterocycles. The van der Waals surface area contributed by atoms with E-state index in [1.807, 2.05) is 18.0 Å². The third-order valence-corrected chi connectivity index (χ3v) is 5.78. The molecule has 5 rings (SSSR count). The zero-order valence-corrected chi connectivity index (χ0v) is 14.0. The van der Waals surface area contributed by atoms with Crippen molar-refractivity contribution in [3.05, 3.63) is 84.7 Å². The molecular weight excluding hydrogens is 314 g/mol. The highest BCUT2D eigenvalue weighted by Gasteiger charge is 2.47. The first-order valence-electron chi connectivity index (χ1n) is 8.17. The zero-order chi connectivity index (χ0) is 16.0. The Morgan fingerprint density at radius 3 is 2.96 bits per heavy atom. The third-order valence-electron chi connectivity index (χ3n) is 4.72. The number of nitrogens with zero attached hydrogens (tertiary/aromatic N) is 3. The molecule has 0 bridgehead atoms. The number of benzene rings is 1. The monoisotopic (exact) mass is 331 g/mol. The molecule has 3 nitrogen and oxygen atoms in total. The van der Waals surface area contributed by atoms with E-state index in [1.165, 1.54) is 16.3 Å². The van der Waals surface area contributed by atoms with Gasteiger partial charge in [0.2, 0.25) is 5.95 Å².